The third kappa shape index (κ3) is 4.59. The molecule has 0 saturated carbocycles. The average Bonchev–Trinajstić information content (AvgIpc) is 2.65. The van der Waals surface area contributed by atoms with Gasteiger partial charge in [0.15, 0.2) is 9.84 Å². The Morgan fingerprint density at radius 3 is 2.56 bits per heavy atom. The fourth-order valence-electron chi connectivity index (χ4n) is 2.60. The molecule has 0 aliphatic carbocycles. The smallest absolute Gasteiger partial charge is 0.239 e. The van der Waals surface area contributed by atoms with Crippen molar-refractivity contribution in [1.82, 2.24) is 10.4 Å². The van der Waals surface area contributed by atoms with E-state index in [0.29, 0.717) is 5.82 Å². The Kier molecular flexibility index (Phi) is 5.36. The molecule has 140 valence electrons. The predicted molar refractivity (Wildman–Crippen MR) is 101 cm³/mol. The zero-order valence-electron chi connectivity index (χ0n) is 14.6. The minimum atomic E-state index is -3.66. The van der Waals surface area contributed by atoms with E-state index in [1.165, 1.54) is 12.1 Å². The Morgan fingerprint density at radius 1 is 1.11 bits per heavy atom. The Bertz CT molecular complexity index is 1080. The van der Waals surface area contributed by atoms with Crippen molar-refractivity contribution in [3.63, 3.8) is 0 Å². The number of fused-ring (bicyclic) bond motifs is 1. The summed E-state index contributed by atoms with van der Waals surface area (Å²) in [6, 6.07) is 13.9. The van der Waals surface area contributed by atoms with Crippen LogP contribution >= 0.6 is 0 Å². The van der Waals surface area contributed by atoms with Crippen LogP contribution in [-0.2, 0) is 14.6 Å². The maximum Gasteiger partial charge on any atom is 0.239 e. The maximum absolute atomic E-state index is 12.9. The number of sulfone groups is 1. The molecule has 0 spiro atoms. The molecule has 8 heteroatoms. The number of amides is 1. The van der Waals surface area contributed by atoms with Crippen LogP contribution < -0.4 is 10.9 Å². The van der Waals surface area contributed by atoms with Crippen molar-refractivity contribution in [2.24, 2.45) is 0 Å². The number of carbonyl (C=O) groups is 1. The predicted octanol–water partition coefficient (Wildman–Crippen LogP) is 2.99. The third-order valence-corrected chi connectivity index (χ3v) is 5.76. The Morgan fingerprint density at radius 2 is 1.81 bits per heavy atom. The van der Waals surface area contributed by atoms with Crippen LogP contribution in [0.3, 0.4) is 0 Å². The van der Waals surface area contributed by atoms with Crippen molar-refractivity contribution >= 4 is 32.5 Å². The van der Waals surface area contributed by atoms with Crippen molar-refractivity contribution in [3.05, 3.63) is 66.0 Å². The first-order valence-electron chi connectivity index (χ1n) is 8.25. The SMILES string of the molecule is Cc1cc(NNC(=O)CCS(=O)(=O)c2ccc(F)cc2)nc2ccccc12. The van der Waals surface area contributed by atoms with E-state index in [4.69, 9.17) is 0 Å². The molecule has 1 aromatic heterocycles. The number of carbonyl (C=O) groups excluding carboxylic acids is 1. The molecule has 2 N–H and O–H groups in total. The van der Waals surface area contributed by atoms with E-state index in [9.17, 15) is 17.6 Å². The molecule has 6 nitrogen and oxygen atoms in total. The lowest BCUT2D eigenvalue weighted by Crippen LogP contribution is -2.31. The highest BCUT2D eigenvalue weighted by atomic mass is 32.2. The summed E-state index contributed by atoms with van der Waals surface area (Å²) in [5, 5.41) is 1.01. The number of hydrogen-bond donors (Lipinski definition) is 2. The Hall–Kier alpha value is -3.00. The van der Waals surface area contributed by atoms with Gasteiger partial charge in [0.25, 0.3) is 0 Å². The number of aromatic nitrogens is 1. The van der Waals surface area contributed by atoms with Gasteiger partial charge in [0.05, 0.1) is 16.2 Å². The molecule has 27 heavy (non-hydrogen) atoms. The molecule has 3 aromatic rings. The van der Waals surface area contributed by atoms with Crippen LogP contribution in [0.4, 0.5) is 10.2 Å². The summed E-state index contributed by atoms with van der Waals surface area (Å²) in [5.74, 6) is -0.931. The van der Waals surface area contributed by atoms with Crippen LogP contribution in [0.5, 0.6) is 0 Å². The summed E-state index contributed by atoms with van der Waals surface area (Å²) in [6.07, 6.45) is -0.237. The summed E-state index contributed by atoms with van der Waals surface area (Å²) in [7, 11) is -3.66. The molecule has 0 fully saturated rings. The van der Waals surface area contributed by atoms with E-state index in [1.54, 1.807) is 6.07 Å². The molecule has 0 bridgehead atoms. The fourth-order valence-corrected chi connectivity index (χ4v) is 3.84. The molecule has 1 amide bonds. The quantitative estimate of drug-likeness (QED) is 0.501. The van der Waals surface area contributed by atoms with Crippen LogP contribution in [0.1, 0.15) is 12.0 Å². The molecule has 2 aromatic carbocycles. The zero-order valence-corrected chi connectivity index (χ0v) is 15.4. The van der Waals surface area contributed by atoms with Gasteiger partial charge in [0, 0.05) is 11.8 Å². The molecule has 0 saturated heterocycles. The van der Waals surface area contributed by atoms with E-state index < -0.39 is 21.6 Å². The Labute approximate surface area is 156 Å². The van der Waals surface area contributed by atoms with Gasteiger partial charge in [-0.25, -0.2) is 17.8 Å². The molecular formula is C19H18FN3O3S. The largest absolute Gasteiger partial charge is 0.282 e. The van der Waals surface area contributed by atoms with Crippen molar-refractivity contribution in [2.75, 3.05) is 11.2 Å². The summed E-state index contributed by atoms with van der Waals surface area (Å²) in [4.78, 5) is 16.3. The van der Waals surface area contributed by atoms with Crippen molar-refractivity contribution in [2.45, 2.75) is 18.2 Å². The lowest BCUT2D eigenvalue weighted by atomic mass is 10.1. The maximum atomic E-state index is 12.9. The minimum Gasteiger partial charge on any atom is -0.282 e. The van der Waals surface area contributed by atoms with Crippen LogP contribution in [0.2, 0.25) is 0 Å². The fraction of sp³-hybridized carbons (Fsp3) is 0.158. The number of nitrogens with zero attached hydrogens (tertiary/aromatic N) is 1. The Balaban J connectivity index is 1.59. The topological polar surface area (TPSA) is 88.2 Å². The molecule has 1 heterocycles. The van der Waals surface area contributed by atoms with Crippen molar-refractivity contribution < 1.29 is 17.6 Å². The molecule has 0 aliphatic heterocycles. The van der Waals surface area contributed by atoms with Gasteiger partial charge in [-0.2, -0.15) is 0 Å². The van der Waals surface area contributed by atoms with Crippen LogP contribution in [-0.4, -0.2) is 25.1 Å². The molecule has 0 unspecified atom stereocenters. The van der Waals surface area contributed by atoms with Crippen LogP contribution in [0, 0.1) is 12.7 Å². The summed E-state index contributed by atoms with van der Waals surface area (Å²) < 4.78 is 37.3. The van der Waals surface area contributed by atoms with Gasteiger partial charge in [-0.15, -0.1) is 0 Å². The van der Waals surface area contributed by atoms with Gasteiger partial charge in [0.1, 0.15) is 11.6 Å². The number of hydrazine groups is 1. The second-order valence-corrected chi connectivity index (χ2v) is 8.15. The average molecular weight is 387 g/mol. The first-order valence-corrected chi connectivity index (χ1v) is 9.90. The van der Waals surface area contributed by atoms with E-state index in [1.807, 2.05) is 31.2 Å². The number of benzene rings is 2. The third-order valence-electron chi connectivity index (χ3n) is 4.02. The number of halogens is 1. The molecule has 3 rings (SSSR count). The van der Waals surface area contributed by atoms with Gasteiger partial charge in [-0.1, -0.05) is 18.2 Å². The van der Waals surface area contributed by atoms with Crippen molar-refractivity contribution in [3.8, 4) is 0 Å². The van der Waals surface area contributed by atoms with Gasteiger partial charge in [-0.3, -0.25) is 15.6 Å². The second kappa shape index (κ2) is 7.71. The van der Waals surface area contributed by atoms with Crippen molar-refractivity contribution in [1.29, 1.82) is 0 Å². The minimum absolute atomic E-state index is 0.0171. The number of anilines is 1. The summed E-state index contributed by atoms with van der Waals surface area (Å²) in [5.41, 5.74) is 6.94. The van der Waals surface area contributed by atoms with Gasteiger partial charge in [0.2, 0.25) is 5.91 Å². The van der Waals surface area contributed by atoms with E-state index in [0.717, 1.165) is 28.6 Å². The van der Waals surface area contributed by atoms with Crippen LogP contribution in [0.25, 0.3) is 10.9 Å². The van der Waals surface area contributed by atoms with Crippen LogP contribution in [0.15, 0.2) is 59.5 Å². The van der Waals surface area contributed by atoms with Gasteiger partial charge in [-0.05, 0) is 48.9 Å². The first-order chi connectivity index (χ1) is 12.8. The number of para-hydroxylation sites is 1. The standard InChI is InChI=1S/C19H18FN3O3S/c1-13-12-18(21-17-5-3-2-4-16(13)17)22-23-19(24)10-11-27(25,26)15-8-6-14(20)7-9-15/h2-9,12H,10-11H2,1H3,(H,21,22)(H,23,24). The molecular weight excluding hydrogens is 369 g/mol. The lowest BCUT2D eigenvalue weighted by Gasteiger charge is -2.10. The molecule has 0 aliphatic rings. The summed E-state index contributed by atoms with van der Waals surface area (Å²) >= 11 is 0. The van der Waals surface area contributed by atoms with E-state index in [2.05, 4.69) is 15.8 Å². The number of hydrogen-bond acceptors (Lipinski definition) is 5. The number of pyridine rings is 1. The summed E-state index contributed by atoms with van der Waals surface area (Å²) in [6.45, 7) is 1.94. The zero-order chi connectivity index (χ0) is 19.4. The highest BCUT2D eigenvalue weighted by Gasteiger charge is 2.16. The first kappa shape index (κ1) is 18.8. The number of nitrogens with one attached hydrogen (secondary N) is 2. The monoisotopic (exact) mass is 387 g/mol. The second-order valence-electron chi connectivity index (χ2n) is 6.04. The highest BCUT2D eigenvalue weighted by Crippen LogP contribution is 2.19. The number of rotatable bonds is 6. The van der Waals surface area contributed by atoms with Gasteiger partial charge >= 0.3 is 0 Å². The molecule has 0 radical (unpaired) electrons. The van der Waals surface area contributed by atoms with Gasteiger partial charge < -0.3 is 0 Å². The lowest BCUT2D eigenvalue weighted by molar-refractivity contribution is -0.120. The van der Waals surface area contributed by atoms with E-state index >= 15 is 0 Å². The normalized spacial score (nSPS) is 11.3. The van der Waals surface area contributed by atoms with E-state index in [-0.39, 0.29) is 17.1 Å². The number of aryl methyl sites for hydroxylation is 1. The molecule has 0 atom stereocenters. The highest BCUT2D eigenvalue weighted by molar-refractivity contribution is 7.91.